The number of hydrogen-bond acceptors (Lipinski definition) is 3. The summed E-state index contributed by atoms with van der Waals surface area (Å²) >= 11 is 0. The standard InChI is InChI=1S/C14H29N3O/c1-10(2)8-16-14(18)12(4)15-9-11(3)17(5)13-6-7-13/h10-13,15H,6-9H2,1-5H3,(H,16,18). The van der Waals surface area contributed by atoms with Crippen molar-refractivity contribution in [3.05, 3.63) is 0 Å². The van der Waals surface area contributed by atoms with Crippen LogP contribution in [-0.4, -0.2) is 49.1 Å². The van der Waals surface area contributed by atoms with E-state index in [4.69, 9.17) is 0 Å². The number of amides is 1. The predicted octanol–water partition coefficient (Wildman–Crippen LogP) is 1.22. The molecule has 1 amide bonds. The third kappa shape index (κ3) is 5.36. The molecule has 1 fully saturated rings. The molecule has 1 saturated carbocycles. The highest BCUT2D eigenvalue weighted by Crippen LogP contribution is 2.26. The van der Waals surface area contributed by atoms with E-state index in [1.807, 2.05) is 6.92 Å². The number of nitrogens with one attached hydrogen (secondary N) is 2. The Kier molecular flexibility index (Phi) is 6.09. The summed E-state index contributed by atoms with van der Waals surface area (Å²) in [6.07, 6.45) is 2.65. The van der Waals surface area contributed by atoms with Crippen LogP contribution in [0.3, 0.4) is 0 Å². The number of nitrogens with zero attached hydrogens (tertiary/aromatic N) is 1. The van der Waals surface area contributed by atoms with Gasteiger partial charge in [-0.15, -0.1) is 0 Å². The highest BCUT2D eigenvalue weighted by atomic mass is 16.2. The average Bonchev–Trinajstić information content (AvgIpc) is 3.15. The summed E-state index contributed by atoms with van der Waals surface area (Å²) in [7, 11) is 2.17. The summed E-state index contributed by atoms with van der Waals surface area (Å²) in [5.41, 5.74) is 0. The van der Waals surface area contributed by atoms with Crippen LogP contribution in [-0.2, 0) is 4.79 Å². The van der Waals surface area contributed by atoms with Crippen molar-refractivity contribution in [2.75, 3.05) is 20.1 Å². The van der Waals surface area contributed by atoms with Crippen LogP contribution >= 0.6 is 0 Å². The van der Waals surface area contributed by atoms with Gasteiger partial charge in [-0.2, -0.15) is 0 Å². The molecule has 0 heterocycles. The van der Waals surface area contributed by atoms with Crippen molar-refractivity contribution in [3.63, 3.8) is 0 Å². The summed E-state index contributed by atoms with van der Waals surface area (Å²) in [5.74, 6) is 0.603. The summed E-state index contributed by atoms with van der Waals surface area (Å²) in [6.45, 7) is 9.96. The Morgan fingerprint density at radius 1 is 1.22 bits per heavy atom. The molecule has 1 rings (SSSR count). The summed E-state index contributed by atoms with van der Waals surface area (Å²) in [4.78, 5) is 14.2. The maximum absolute atomic E-state index is 11.8. The molecular formula is C14H29N3O. The van der Waals surface area contributed by atoms with Gasteiger partial charge in [0.15, 0.2) is 0 Å². The Labute approximate surface area is 111 Å². The molecule has 1 aliphatic carbocycles. The number of hydrogen-bond donors (Lipinski definition) is 2. The third-order valence-electron chi connectivity index (χ3n) is 3.62. The molecule has 0 aliphatic heterocycles. The first-order valence-electron chi connectivity index (χ1n) is 7.14. The van der Waals surface area contributed by atoms with E-state index in [9.17, 15) is 4.79 Å². The van der Waals surface area contributed by atoms with E-state index in [-0.39, 0.29) is 11.9 Å². The van der Waals surface area contributed by atoms with Crippen LogP contribution in [0.25, 0.3) is 0 Å². The van der Waals surface area contributed by atoms with Crippen LogP contribution in [0, 0.1) is 5.92 Å². The molecule has 2 N–H and O–H groups in total. The molecule has 0 bridgehead atoms. The van der Waals surface area contributed by atoms with Gasteiger partial charge in [0, 0.05) is 25.2 Å². The molecule has 2 atom stereocenters. The van der Waals surface area contributed by atoms with Gasteiger partial charge in [0.2, 0.25) is 5.91 Å². The zero-order valence-corrected chi connectivity index (χ0v) is 12.5. The Hall–Kier alpha value is -0.610. The van der Waals surface area contributed by atoms with Gasteiger partial charge in [-0.3, -0.25) is 9.69 Å². The first kappa shape index (κ1) is 15.4. The Bertz CT molecular complexity index is 264. The lowest BCUT2D eigenvalue weighted by atomic mass is 10.2. The molecule has 0 radical (unpaired) electrons. The molecule has 0 aromatic heterocycles. The molecule has 0 aromatic rings. The zero-order valence-electron chi connectivity index (χ0n) is 12.5. The van der Waals surface area contributed by atoms with Gasteiger partial charge >= 0.3 is 0 Å². The van der Waals surface area contributed by atoms with Crippen LogP contribution < -0.4 is 10.6 Å². The largest absolute Gasteiger partial charge is 0.354 e. The molecule has 0 saturated heterocycles. The van der Waals surface area contributed by atoms with Crippen molar-refractivity contribution in [2.45, 2.75) is 58.7 Å². The van der Waals surface area contributed by atoms with Crippen LogP contribution in [0.2, 0.25) is 0 Å². The molecule has 1 aliphatic rings. The second kappa shape index (κ2) is 7.10. The van der Waals surface area contributed by atoms with Crippen LogP contribution in [0.1, 0.15) is 40.5 Å². The maximum atomic E-state index is 11.8. The normalized spacial score (nSPS) is 19.1. The minimum absolute atomic E-state index is 0.102. The zero-order chi connectivity index (χ0) is 13.7. The first-order chi connectivity index (χ1) is 8.41. The maximum Gasteiger partial charge on any atom is 0.236 e. The van der Waals surface area contributed by atoms with Crippen molar-refractivity contribution in [1.82, 2.24) is 15.5 Å². The second-order valence-corrected chi connectivity index (χ2v) is 6.01. The summed E-state index contributed by atoms with van der Waals surface area (Å²) in [6, 6.07) is 1.14. The topological polar surface area (TPSA) is 44.4 Å². The van der Waals surface area contributed by atoms with E-state index < -0.39 is 0 Å². The van der Waals surface area contributed by atoms with E-state index in [0.717, 1.165) is 19.1 Å². The molecule has 0 aromatic carbocycles. The lowest BCUT2D eigenvalue weighted by molar-refractivity contribution is -0.122. The number of rotatable bonds is 8. The summed E-state index contributed by atoms with van der Waals surface area (Å²) < 4.78 is 0. The van der Waals surface area contributed by atoms with Crippen molar-refractivity contribution >= 4 is 5.91 Å². The lowest BCUT2D eigenvalue weighted by Gasteiger charge is -2.26. The second-order valence-electron chi connectivity index (χ2n) is 6.01. The Balaban J connectivity index is 2.18. The smallest absolute Gasteiger partial charge is 0.236 e. The fourth-order valence-electron chi connectivity index (χ4n) is 1.88. The predicted molar refractivity (Wildman–Crippen MR) is 75.6 cm³/mol. The highest BCUT2D eigenvalue weighted by molar-refractivity contribution is 5.81. The number of likely N-dealkylation sites (N-methyl/N-ethyl adjacent to an activating group) is 1. The number of carbonyl (C=O) groups excluding carboxylic acids is 1. The van der Waals surface area contributed by atoms with Gasteiger partial charge in [0.05, 0.1) is 6.04 Å². The van der Waals surface area contributed by atoms with Crippen molar-refractivity contribution < 1.29 is 4.79 Å². The monoisotopic (exact) mass is 255 g/mol. The molecule has 4 heteroatoms. The molecule has 4 nitrogen and oxygen atoms in total. The van der Waals surface area contributed by atoms with Gasteiger partial charge in [0.25, 0.3) is 0 Å². The van der Waals surface area contributed by atoms with Gasteiger partial charge < -0.3 is 10.6 Å². The fraction of sp³-hybridized carbons (Fsp3) is 0.929. The van der Waals surface area contributed by atoms with Crippen molar-refractivity contribution in [2.24, 2.45) is 5.92 Å². The minimum Gasteiger partial charge on any atom is -0.354 e. The quantitative estimate of drug-likeness (QED) is 0.685. The Morgan fingerprint density at radius 3 is 2.33 bits per heavy atom. The van der Waals surface area contributed by atoms with Crippen molar-refractivity contribution in [3.8, 4) is 0 Å². The first-order valence-corrected chi connectivity index (χ1v) is 7.14. The molecule has 0 spiro atoms. The highest BCUT2D eigenvalue weighted by Gasteiger charge is 2.29. The van der Waals surface area contributed by atoms with E-state index in [1.54, 1.807) is 0 Å². The van der Waals surface area contributed by atoms with E-state index in [1.165, 1.54) is 12.8 Å². The van der Waals surface area contributed by atoms with Gasteiger partial charge in [0.1, 0.15) is 0 Å². The fourth-order valence-corrected chi connectivity index (χ4v) is 1.88. The Morgan fingerprint density at radius 2 is 1.83 bits per heavy atom. The van der Waals surface area contributed by atoms with E-state index >= 15 is 0 Å². The lowest BCUT2D eigenvalue weighted by Crippen LogP contribution is -2.48. The van der Waals surface area contributed by atoms with E-state index in [2.05, 4.69) is 43.4 Å². The van der Waals surface area contributed by atoms with Crippen LogP contribution in [0.4, 0.5) is 0 Å². The van der Waals surface area contributed by atoms with Crippen LogP contribution in [0.5, 0.6) is 0 Å². The molecule has 2 unspecified atom stereocenters. The third-order valence-corrected chi connectivity index (χ3v) is 3.62. The average molecular weight is 255 g/mol. The molecule has 106 valence electrons. The number of carbonyl (C=O) groups is 1. The van der Waals surface area contributed by atoms with E-state index in [0.29, 0.717) is 12.0 Å². The molecular weight excluding hydrogens is 226 g/mol. The van der Waals surface area contributed by atoms with Crippen LogP contribution in [0.15, 0.2) is 0 Å². The van der Waals surface area contributed by atoms with Gasteiger partial charge in [-0.1, -0.05) is 13.8 Å². The molecule has 18 heavy (non-hydrogen) atoms. The summed E-state index contributed by atoms with van der Waals surface area (Å²) in [5, 5.41) is 6.27. The minimum atomic E-state index is -0.112. The van der Waals surface area contributed by atoms with Gasteiger partial charge in [-0.05, 0) is 39.7 Å². The SMILES string of the molecule is CC(C)CNC(=O)C(C)NCC(C)N(C)C1CC1. The van der Waals surface area contributed by atoms with Crippen molar-refractivity contribution in [1.29, 1.82) is 0 Å². The van der Waals surface area contributed by atoms with Gasteiger partial charge in [-0.25, -0.2) is 0 Å².